The first-order valence-corrected chi connectivity index (χ1v) is 9.83. The van der Waals surface area contributed by atoms with Crippen LogP contribution in [0.3, 0.4) is 0 Å². The van der Waals surface area contributed by atoms with Crippen LogP contribution in [0.4, 0.5) is 0 Å². The number of hydrogen-bond acceptors (Lipinski definition) is 3. The second-order valence-electron chi connectivity index (χ2n) is 8.06. The van der Waals surface area contributed by atoms with E-state index < -0.39 is 5.41 Å². The van der Waals surface area contributed by atoms with E-state index in [1.807, 2.05) is 13.8 Å². The molecule has 27 heavy (non-hydrogen) atoms. The first-order chi connectivity index (χ1) is 12.9. The minimum Gasteiger partial charge on any atom is -0.359 e. The van der Waals surface area contributed by atoms with Crippen molar-refractivity contribution in [3.8, 4) is 0 Å². The summed E-state index contributed by atoms with van der Waals surface area (Å²) in [5, 5.41) is 9.55. The third-order valence-corrected chi connectivity index (χ3v) is 5.35. The van der Waals surface area contributed by atoms with Crippen molar-refractivity contribution in [3.05, 3.63) is 35.9 Å². The molecule has 1 fully saturated rings. The SMILES string of the molecule is CN=C(NCC(C)(C)C(=O)NC)NC1CCN(Cc2ccccc2)C(C)C1. The van der Waals surface area contributed by atoms with Crippen molar-refractivity contribution in [2.24, 2.45) is 10.4 Å². The second-order valence-corrected chi connectivity index (χ2v) is 8.06. The molecule has 3 N–H and O–H groups in total. The van der Waals surface area contributed by atoms with Crippen LogP contribution in [0.1, 0.15) is 39.2 Å². The van der Waals surface area contributed by atoms with Gasteiger partial charge in [-0.3, -0.25) is 14.7 Å². The number of nitrogens with one attached hydrogen (secondary N) is 3. The lowest BCUT2D eigenvalue weighted by Gasteiger charge is -2.38. The zero-order valence-electron chi connectivity index (χ0n) is 17.4. The minimum absolute atomic E-state index is 0.0216. The summed E-state index contributed by atoms with van der Waals surface area (Å²) < 4.78 is 0. The summed E-state index contributed by atoms with van der Waals surface area (Å²) in [4.78, 5) is 18.8. The Bertz CT molecular complexity index is 629. The molecule has 1 aliphatic heterocycles. The number of likely N-dealkylation sites (tertiary alicyclic amines) is 1. The van der Waals surface area contributed by atoms with Gasteiger partial charge in [-0.2, -0.15) is 0 Å². The molecule has 1 aromatic rings. The van der Waals surface area contributed by atoms with Crippen LogP contribution in [0.5, 0.6) is 0 Å². The van der Waals surface area contributed by atoms with E-state index in [1.54, 1.807) is 14.1 Å². The molecule has 0 aliphatic carbocycles. The van der Waals surface area contributed by atoms with Crippen molar-refractivity contribution in [2.75, 3.05) is 27.2 Å². The van der Waals surface area contributed by atoms with Gasteiger partial charge in [-0.05, 0) is 39.2 Å². The van der Waals surface area contributed by atoms with E-state index in [0.29, 0.717) is 18.6 Å². The number of nitrogens with zero attached hydrogens (tertiary/aromatic N) is 2. The molecule has 0 saturated carbocycles. The Balaban J connectivity index is 1.83. The number of piperidine rings is 1. The van der Waals surface area contributed by atoms with Gasteiger partial charge in [0.15, 0.2) is 5.96 Å². The fourth-order valence-electron chi connectivity index (χ4n) is 3.52. The number of aliphatic imine (C=N–C) groups is 1. The minimum atomic E-state index is -0.487. The van der Waals surface area contributed by atoms with Crippen LogP contribution in [0.15, 0.2) is 35.3 Å². The fourth-order valence-corrected chi connectivity index (χ4v) is 3.52. The molecule has 1 amide bonds. The fraction of sp³-hybridized carbons (Fsp3) is 0.619. The smallest absolute Gasteiger partial charge is 0.227 e. The molecule has 2 unspecified atom stereocenters. The number of benzene rings is 1. The lowest BCUT2D eigenvalue weighted by molar-refractivity contribution is -0.128. The van der Waals surface area contributed by atoms with Crippen molar-refractivity contribution >= 4 is 11.9 Å². The van der Waals surface area contributed by atoms with Gasteiger partial charge >= 0.3 is 0 Å². The van der Waals surface area contributed by atoms with Gasteiger partial charge in [-0.1, -0.05) is 30.3 Å². The lowest BCUT2D eigenvalue weighted by atomic mass is 9.92. The van der Waals surface area contributed by atoms with E-state index in [9.17, 15) is 4.79 Å². The van der Waals surface area contributed by atoms with Crippen LogP contribution in [-0.2, 0) is 11.3 Å². The standard InChI is InChI=1S/C21H35N5O/c1-16-13-18(11-12-26(16)14-17-9-7-6-8-10-17)25-20(23-5)24-15-21(2,3)19(27)22-4/h6-10,16,18H,11-15H2,1-5H3,(H,22,27)(H2,23,24,25). The third-order valence-electron chi connectivity index (χ3n) is 5.35. The summed E-state index contributed by atoms with van der Waals surface area (Å²) in [6, 6.07) is 11.5. The molecule has 0 radical (unpaired) electrons. The second kappa shape index (κ2) is 9.74. The van der Waals surface area contributed by atoms with Gasteiger partial charge in [0.1, 0.15) is 0 Å². The summed E-state index contributed by atoms with van der Waals surface area (Å²) >= 11 is 0. The van der Waals surface area contributed by atoms with Gasteiger partial charge in [-0.15, -0.1) is 0 Å². The van der Waals surface area contributed by atoms with Gasteiger partial charge in [0, 0.05) is 45.8 Å². The summed E-state index contributed by atoms with van der Waals surface area (Å²) in [5.74, 6) is 0.786. The first kappa shape index (κ1) is 21.2. The Kier molecular flexibility index (Phi) is 7.66. The average Bonchev–Trinajstić information content (AvgIpc) is 2.67. The molecule has 6 nitrogen and oxygen atoms in total. The van der Waals surface area contributed by atoms with E-state index in [1.165, 1.54) is 5.56 Å². The van der Waals surface area contributed by atoms with Crippen molar-refractivity contribution in [2.45, 2.75) is 52.2 Å². The molecule has 2 atom stereocenters. The Labute approximate surface area is 163 Å². The zero-order valence-corrected chi connectivity index (χ0v) is 17.4. The van der Waals surface area contributed by atoms with Crippen LogP contribution in [0, 0.1) is 5.41 Å². The summed E-state index contributed by atoms with van der Waals surface area (Å²) in [7, 11) is 3.44. The molecule has 1 saturated heterocycles. The highest BCUT2D eigenvalue weighted by Crippen LogP contribution is 2.20. The van der Waals surface area contributed by atoms with Crippen molar-refractivity contribution in [3.63, 3.8) is 0 Å². The maximum absolute atomic E-state index is 11.9. The molecule has 150 valence electrons. The highest BCUT2D eigenvalue weighted by Gasteiger charge is 2.28. The number of carbonyl (C=O) groups is 1. The number of hydrogen-bond donors (Lipinski definition) is 3. The van der Waals surface area contributed by atoms with E-state index in [-0.39, 0.29) is 5.91 Å². The van der Waals surface area contributed by atoms with E-state index >= 15 is 0 Å². The van der Waals surface area contributed by atoms with E-state index in [4.69, 9.17) is 0 Å². The largest absolute Gasteiger partial charge is 0.359 e. The van der Waals surface area contributed by atoms with Gasteiger partial charge in [0.05, 0.1) is 5.41 Å². The van der Waals surface area contributed by atoms with Crippen LogP contribution in [0.2, 0.25) is 0 Å². The maximum atomic E-state index is 11.9. The normalized spacial score (nSPS) is 21.6. The topological polar surface area (TPSA) is 68.8 Å². The quantitative estimate of drug-likeness (QED) is 0.527. The first-order valence-electron chi connectivity index (χ1n) is 9.83. The van der Waals surface area contributed by atoms with E-state index in [0.717, 1.165) is 31.9 Å². The average molecular weight is 374 g/mol. The molecule has 1 aliphatic rings. The van der Waals surface area contributed by atoms with Crippen LogP contribution < -0.4 is 16.0 Å². The highest BCUT2D eigenvalue weighted by molar-refractivity contribution is 5.84. The molecule has 1 heterocycles. The summed E-state index contributed by atoms with van der Waals surface area (Å²) in [5.41, 5.74) is 0.878. The molecule has 0 aromatic heterocycles. The van der Waals surface area contributed by atoms with Gasteiger partial charge in [-0.25, -0.2) is 0 Å². The van der Waals surface area contributed by atoms with Crippen LogP contribution >= 0.6 is 0 Å². The number of amides is 1. The van der Waals surface area contributed by atoms with Crippen LogP contribution in [-0.4, -0.2) is 56.0 Å². The summed E-state index contributed by atoms with van der Waals surface area (Å²) in [6.45, 7) is 8.75. The predicted molar refractivity (Wildman–Crippen MR) is 112 cm³/mol. The molecule has 6 heteroatoms. The Morgan fingerprint density at radius 2 is 2.00 bits per heavy atom. The Hall–Kier alpha value is -2.08. The zero-order chi connectivity index (χ0) is 19.9. The van der Waals surface area contributed by atoms with E-state index in [2.05, 4.69) is 63.1 Å². The molecule has 0 bridgehead atoms. The van der Waals surface area contributed by atoms with Gasteiger partial charge in [0.25, 0.3) is 0 Å². The summed E-state index contributed by atoms with van der Waals surface area (Å²) in [6.07, 6.45) is 2.16. The Morgan fingerprint density at radius 3 is 2.59 bits per heavy atom. The highest BCUT2D eigenvalue weighted by atomic mass is 16.2. The lowest BCUT2D eigenvalue weighted by Crippen LogP contribution is -2.53. The maximum Gasteiger partial charge on any atom is 0.227 e. The monoisotopic (exact) mass is 373 g/mol. The van der Waals surface area contributed by atoms with Crippen LogP contribution in [0.25, 0.3) is 0 Å². The molecular formula is C21H35N5O. The third kappa shape index (κ3) is 6.24. The van der Waals surface area contributed by atoms with Crippen molar-refractivity contribution in [1.29, 1.82) is 0 Å². The van der Waals surface area contributed by atoms with Crippen molar-refractivity contribution in [1.82, 2.24) is 20.9 Å². The number of rotatable bonds is 6. The predicted octanol–water partition coefficient (Wildman–Crippen LogP) is 1.98. The number of carbonyl (C=O) groups excluding carboxylic acids is 1. The molecule has 0 spiro atoms. The Morgan fingerprint density at radius 1 is 1.30 bits per heavy atom. The van der Waals surface area contributed by atoms with Gasteiger partial charge < -0.3 is 16.0 Å². The van der Waals surface area contributed by atoms with Gasteiger partial charge in [0.2, 0.25) is 5.91 Å². The molecule has 1 aromatic carbocycles. The molecular weight excluding hydrogens is 338 g/mol. The number of guanidine groups is 1. The van der Waals surface area contributed by atoms with Crippen molar-refractivity contribution < 1.29 is 4.79 Å². The molecule has 2 rings (SSSR count).